The van der Waals surface area contributed by atoms with Gasteiger partial charge in [0.25, 0.3) is 0 Å². The van der Waals surface area contributed by atoms with E-state index >= 15 is 0 Å². The normalized spacial score (nSPS) is 10.2. The number of pyridine rings is 1. The van der Waals surface area contributed by atoms with Crippen LogP contribution in [0.3, 0.4) is 0 Å². The standard InChI is InChI=1S/C11H8ClNO3S/c12-8-3-9(5-13-4-8)16-6-7-1-2-17-10(7)11(14)15/h1-5H,6H2,(H,14,15). The number of thiophene rings is 1. The van der Waals surface area contributed by atoms with Gasteiger partial charge in [0.1, 0.15) is 17.2 Å². The maximum Gasteiger partial charge on any atom is 0.346 e. The summed E-state index contributed by atoms with van der Waals surface area (Å²) in [4.78, 5) is 15.0. The molecule has 2 aromatic rings. The summed E-state index contributed by atoms with van der Waals surface area (Å²) < 4.78 is 5.42. The number of aromatic carboxylic acids is 1. The molecule has 2 aromatic heterocycles. The molecule has 2 rings (SSSR count). The summed E-state index contributed by atoms with van der Waals surface area (Å²) in [6.45, 7) is 0.188. The number of nitrogens with zero attached hydrogens (tertiary/aromatic N) is 1. The molecule has 2 heterocycles. The van der Waals surface area contributed by atoms with Crippen LogP contribution in [-0.4, -0.2) is 16.1 Å². The SMILES string of the molecule is O=C(O)c1sccc1COc1cncc(Cl)c1. The summed E-state index contributed by atoms with van der Waals surface area (Å²) in [7, 11) is 0. The molecule has 4 nitrogen and oxygen atoms in total. The third-order valence-electron chi connectivity index (χ3n) is 2.02. The highest BCUT2D eigenvalue weighted by Crippen LogP contribution is 2.20. The first-order valence-electron chi connectivity index (χ1n) is 4.70. The molecule has 0 aromatic carbocycles. The molecule has 0 saturated heterocycles. The van der Waals surface area contributed by atoms with Gasteiger partial charge in [0.15, 0.2) is 0 Å². The predicted octanol–water partition coefficient (Wildman–Crippen LogP) is 3.07. The lowest BCUT2D eigenvalue weighted by Gasteiger charge is -2.05. The Morgan fingerprint density at radius 1 is 1.53 bits per heavy atom. The number of aromatic nitrogens is 1. The Morgan fingerprint density at radius 3 is 3.06 bits per heavy atom. The summed E-state index contributed by atoms with van der Waals surface area (Å²) in [5.74, 6) is -0.428. The van der Waals surface area contributed by atoms with Crippen molar-refractivity contribution >= 4 is 28.9 Å². The van der Waals surface area contributed by atoms with E-state index in [2.05, 4.69) is 4.98 Å². The number of hydrogen-bond acceptors (Lipinski definition) is 4. The van der Waals surface area contributed by atoms with Gasteiger partial charge in [-0.1, -0.05) is 11.6 Å². The van der Waals surface area contributed by atoms with E-state index in [4.69, 9.17) is 21.4 Å². The third kappa shape index (κ3) is 2.95. The smallest absolute Gasteiger partial charge is 0.346 e. The van der Waals surface area contributed by atoms with Crippen molar-refractivity contribution in [3.8, 4) is 5.75 Å². The first-order valence-corrected chi connectivity index (χ1v) is 5.95. The minimum atomic E-state index is -0.942. The number of halogens is 1. The number of rotatable bonds is 4. The summed E-state index contributed by atoms with van der Waals surface area (Å²) in [5.41, 5.74) is 0.641. The molecule has 0 unspecified atom stereocenters. The van der Waals surface area contributed by atoms with Crippen molar-refractivity contribution in [2.24, 2.45) is 0 Å². The van der Waals surface area contributed by atoms with E-state index < -0.39 is 5.97 Å². The minimum absolute atomic E-state index is 0.188. The number of hydrogen-bond donors (Lipinski definition) is 1. The van der Waals surface area contributed by atoms with E-state index in [0.29, 0.717) is 21.2 Å². The van der Waals surface area contributed by atoms with Crippen molar-refractivity contribution in [3.63, 3.8) is 0 Å². The molecule has 1 N–H and O–H groups in total. The van der Waals surface area contributed by atoms with Gasteiger partial charge in [-0.05, 0) is 11.4 Å². The van der Waals surface area contributed by atoms with E-state index in [1.54, 1.807) is 17.5 Å². The summed E-state index contributed by atoms with van der Waals surface area (Å²) >= 11 is 6.93. The Morgan fingerprint density at radius 2 is 2.35 bits per heavy atom. The van der Waals surface area contributed by atoms with Crippen LogP contribution in [0.5, 0.6) is 5.75 Å². The predicted molar refractivity (Wildman–Crippen MR) is 64.9 cm³/mol. The van der Waals surface area contributed by atoms with Crippen LogP contribution < -0.4 is 4.74 Å². The number of carboxylic acids is 1. The van der Waals surface area contributed by atoms with Crippen LogP contribution in [0.1, 0.15) is 15.2 Å². The minimum Gasteiger partial charge on any atom is -0.487 e. The second kappa shape index (κ2) is 5.16. The molecule has 0 aliphatic heterocycles. The van der Waals surface area contributed by atoms with Crippen LogP contribution in [0.25, 0.3) is 0 Å². The molecule has 0 aliphatic rings. The van der Waals surface area contributed by atoms with Gasteiger partial charge in [0, 0.05) is 17.8 Å². The maximum absolute atomic E-state index is 10.9. The first kappa shape index (κ1) is 11.9. The molecule has 0 atom stereocenters. The monoisotopic (exact) mass is 269 g/mol. The molecule has 88 valence electrons. The molecular weight excluding hydrogens is 262 g/mol. The van der Waals surface area contributed by atoms with Crippen LogP contribution >= 0.6 is 22.9 Å². The van der Waals surface area contributed by atoms with E-state index in [0.717, 1.165) is 0 Å². The molecule has 17 heavy (non-hydrogen) atoms. The average molecular weight is 270 g/mol. The summed E-state index contributed by atoms with van der Waals surface area (Å²) in [6.07, 6.45) is 3.03. The van der Waals surface area contributed by atoms with E-state index in [9.17, 15) is 4.79 Å². The molecule has 0 saturated carbocycles. The van der Waals surface area contributed by atoms with Gasteiger partial charge >= 0.3 is 5.97 Å². The molecule has 0 amide bonds. The van der Waals surface area contributed by atoms with Crippen molar-refractivity contribution in [3.05, 3.63) is 45.4 Å². The van der Waals surface area contributed by atoms with E-state index in [-0.39, 0.29) is 6.61 Å². The van der Waals surface area contributed by atoms with E-state index in [1.807, 2.05) is 0 Å². The first-order chi connectivity index (χ1) is 8.16. The Labute approximate surface area is 106 Å². The van der Waals surface area contributed by atoms with Gasteiger partial charge in [0.2, 0.25) is 0 Å². The van der Waals surface area contributed by atoms with Crippen molar-refractivity contribution in [2.45, 2.75) is 6.61 Å². The van der Waals surface area contributed by atoms with E-state index in [1.165, 1.54) is 23.7 Å². The molecule has 6 heteroatoms. The van der Waals surface area contributed by atoms with Gasteiger partial charge in [-0.25, -0.2) is 4.79 Å². The van der Waals surface area contributed by atoms with Crippen LogP contribution in [0.15, 0.2) is 29.9 Å². The number of carbonyl (C=O) groups is 1. The van der Waals surface area contributed by atoms with Crippen molar-refractivity contribution < 1.29 is 14.6 Å². The largest absolute Gasteiger partial charge is 0.487 e. The fraction of sp³-hybridized carbons (Fsp3) is 0.0909. The van der Waals surface area contributed by atoms with Crippen molar-refractivity contribution in [1.82, 2.24) is 4.98 Å². The van der Waals surface area contributed by atoms with Gasteiger partial charge in [-0.15, -0.1) is 11.3 Å². The molecule has 0 fully saturated rings. The van der Waals surface area contributed by atoms with Crippen molar-refractivity contribution in [1.29, 1.82) is 0 Å². The fourth-order valence-corrected chi connectivity index (χ4v) is 2.18. The Balaban J connectivity index is 2.07. The van der Waals surface area contributed by atoms with Gasteiger partial charge in [-0.3, -0.25) is 4.98 Å². The molecular formula is C11H8ClNO3S. The molecule has 0 spiro atoms. The molecule has 0 bridgehead atoms. The molecule has 0 aliphatic carbocycles. The zero-order valence-electron chi connectivity index (χ0n) is 8.59. The number of carboxylic acid groups (broad SMARTS) is 1. The van der Waals surface area contributed by atoms with Crippen LogP contribution in [0.2, 0.25) is 5.02 Å². The highest BCUT2D eigenvalue weighted by molar-refractivity contribution is 7.12. The summed E-state index contributed by atoms with van der Waals surface area (Å²) in [5, 5.41) is 11.1. The van der Waals surface area contributed by atoms with Gasteiger partial charge in [-0.2, -0.15) is 0 Å². The van der Waals surface area contributed by atoms with Gasteiger partial charge in [0.05, 0.1) is 11.2 Å². The van der Waals surface area contributed by atoms with Crippen LogP contribution in [0.4, 0.5) is 0 Å². The Kier molecular flexibility index (Phi) is 3.61. The topological polar surface area (TPSA) is 59.4 Å². The zero-order chi connectivity index (χ0) is 12.3. The van der Waals surface area contributed by atoms with Crippen LogP contribution in [-0.2, 0) is 6.61 Å². The second-order valence-electron chi connectivity index (χ2n) is 3.21. The van der Waals surface area contributed by atoms with Crippen LogP contribution in [0, 0.1) is 0 Å². The lowest BCUT2D eigenvalue weighted by molar-refractivity contribution is 0.0699. The quantitative estimate of drug-likeness (QED) is 0.927. The van der Waals surface area contributed by atoms with Crippen molar-refractivity contribution in [2.75, 3.05) is 0 Å². The highest BCUT2D eigenvalue weighted by atomic mass is 35.5. The number of ether oxygens (including phenoxy) is 1. The molecule has 0 radical (unpaired) electrons. The zero-order valence-corrected chi connectivity index (χ0v) is 10.2. The Hall–Kier alpha value is -1.59. The summed E-state index contributed by atoms with van der Waals surface area (Å²) in [6, 6.07) is 3.35. The lowest BCUT2D eigenvalue weighted by atomic mass is 10.3. The lowest BCUT2D eigenvalue weighted by Crippen LogP contribution is -2.01. The maximum atomic E-state index is 10.9. The second-order valence-corrected chi connectivity index (χ2v) is 4.56. The average Bonchev–Trinajstić information content (AvgIpc) is 2.74. The third-order valence-corrected chi connectivity index (χ3v) is 3.17. The fourth-order valence-electron chi connectivity index (χ4n) is 1.27. The Bertz CT molecular complexity index is 541. The van der Waals surface area contributed by atoms with Gasteiger partial charge < -0.3 is 9.84 Å². The highest BCUT2D eigenvalue weighted by Gasteiger charge is 2.11.